The van der Waals surface area contributed by atoms with E-state index in [2.05, 4.69) is 33.0 Å². The number of nitrogens with one attached hydrogen (secondary N) is 1. The first kappa shape index (κ1) is 15.9. The van der Waals surface area contributed by atoms with E-state index in [4.69, 9.17) is 0 Å². The first-order chi connectivity index (χ1) is 8.23. The van der Waals surface area contributed by atoms with E-state index in [1.807, 2.05) is 0 Å². The molecule has 0 unspecified atom stereocenters. The molecule has 0 bridgehead atoms. The van der Waals surface area contributed by atoms with Gasteiger partial charge in [-0.3, -0.25) is 0 Å². The summed E-state index contributed by atoms with van der Waals surface area (Å²) in [5.41, 5.74) is 0.145. The van der Waals surface area contributed by atoms with E-state index < -0.39 is 10.0 Å². The summed E-state index contributed by atoms with van der Waals surface area (Å²) in [6.45, 7) is 10.7. The molecule has 5 heteroatoms. The molecule has 1 fully saturated rings. The van der Waals surface area contributed by atoms with Gasteiger partial charge in [-0.05, 0) is 31.2 Å². The van der Waals surface area contributed by atoms with Crippen LogP contribution in [0.3, 0.4) is 0 Å². The lowest BCUT2D eigenvalue weighted by molar-refractivity contribution is 0.375. The van der Waals surface area contributed by atoms with Crippen molar-refractivity contribution in [3.63, 3.8) is 0 Å². The number of sulfonamides is 1. The molecule has 1 aliphatic heterocycles. The highest BCUT2D eigenvalue weighted by Crippen LogP contribution is 2.30. The summed E-state index contributed by atoms with van der Waals surface area (Å²) < 4.78 is 25.9. The second-order valence-electron chi connectivity index (χ2n) is 6.38. The fourth-order valence-corrected chi connectivity index (χ4v) is 3.97. The van der Waals surface area contributed by atoms with Gasteiger partial charge in [0.25, 0.3) is 0 Å². The van der Waals surface area contributed by atoms with E-state index in [0.29, 0.717) is 24.9 Å². The van der Waals surface area contributed by atoms with Crippen LogP contribution in [-0.4, -0.2) is 44.2 Å². The summed E-state index contributed by atoms with van der Waals surface area (Å²) >= 11 is 0. The molecule has 0 aromatic heterocycles. The van der Waals surface area contributed by atoms with Crippen molar-refractivity contribution in [3.8, 4) is 0 Å². The molecule has 1 rings (SSSR count). The van der Waals surface area contributed by atoms with E-state index >= 15 is 0 Å². The number of unbranched alkanes of at least 4 members (excludes halogenated alkanes) is 1. The molecular weight excluding hydrogens is 248 g/mol. The summed E-state index contributed by atoms with van der Waals surface area (Å²) in [5, 5.41) is 3.31. The van der Waals surface area contributed by atoms with Gasteiger partial charge in [0, 0.05) is 19.1 Å². The van der Waals surface area contributed by atoms with Crippen molar-refractivity contribution in [1.29, 1.82) is 0 Å². The fraction of sp³-hybridized carbons (Fsp3) is 1.00. The van der Waals surface area contributed by atoms with Crippen LogP contribution in [0.2, 0.25) is 0 Å². The Bertz CT molecular complexity index is 350. The lowest BCUT2D eigenvalue weighted by Gasteiger charge is -2.19. The first-order valence-corrected chi connectivity index (χ1v) is 8.55. The Hall–Kier alpha value is -0.130. The molecule has 0 saturated carbocycles. The van der Waals surface area contributed by atoms with Crippen molar-refractivity contribution in [2.45, 2.75) is 53.0 Å². The van der Waals surface area contributed by atoms with Crippen LogP contribution in [0.4, 0.5) is 0 Å². The van der Waals surface area contributed by atoms with Crippen molar-refractivity contribution >= 4 is 10.0 Å². The Balaban J connectivity index is 2.28. The van der Waals surface area contributed by atoms with Crippen LogP contribution in [0.15, 0.2) is 0 Å². The van der Waals surface area contributed by atoms with E-state index in [-0.39, 0.29) is 5.41 Å². The molecule has 0 aromatic carbocycles. The molecule has 0 atom stereocenters. The lowest BCUT2D eigenvalue weighted by atomic mass is 9.93. The molecule has 0 spiro atoms. The lowest BCUT2D eigenvalue weighted by Crippen LogP contribution is -2.32. The molecule has 0 radical (unpaired) electrons. The molecule has 4 nitrogen and oxygen atoms in total. The smallest absolute Gasteiger partial charge is 0.214 e. The maximum atomic E-state index is 12.1. The Morgan fingerprint density at radius 1 is 1.28 bits per heavy atom. The van der Waals surface area contributed by atoms with E-state index in [0.717, 1.165) is 25.8 Å². The average molecular weight is 276 g/mol. The van der Waals surface area contributed by atoms with Gasteiger partial charge in [0.15, 0.2) is 0 Å². The SMILES string of the molecule is CC(C)NCCCCS(=O)(=O)N1CCC(C)(C)C1. The summed E-state index contributed by atoms with van der Waals surface area (Å²) in [6, 6.07) is 0.473. The van der Waals surface area contributed by atoms with Gasteiger partial charge in [-0.25, -0.2) is 12.7 Å². The number of hydrogen-bond acceptors (Lipinski definition) is 3. The topological polar surface area (TPSA) is 49.4 Å². The Morgan fingerprint density at radius 3 is 2.44 bits per heavy atom. The second-order valence-corrected chi connectivity index (χ2v) is 8.47. The zero-order valence-corrected chi connectivity index (χ0v) is 13.0. The molecule has 0 amide bonds. The minimum atomic E-state index is -3.03. The molecule has 0 aromatic rings. The van der Waals surface area contributed by atoms with E-state index in [1.54, 1.807) is 4.31 Å². The van der Waals surface area contributed by atoms with Crippen LogP contribution in [0, 0.1) is 5.41 Å². The Labute approximate surface area is 112 Å². The van der Waals surface area contributed by atoms with E-state index in [1.165, 1.54) is 0 Å². The monoisotopic (exact) mass is 276 g/mol. The van der Waals surface area contributed by atoms with Crippen molar-refractivity contribution in [3.05, 3.63) is 0 Å². The molecule has 0 aliphatic carbocycles. The van der Waals surface area contributed by atoms with E-state index in [9.17, 15) is 8.42 Å². The highest BCUT2D eigenvalue weighted by atomic mass is 32.2. The summed E-state index contributed by atoms with van der Waals surface area (Å²) in [5.74, 6) is 0.294. The highest BCUT2D eigenvalue weighted by Gasteiger charge is 2.35. The number of nitrogens with zero attached hydrogens (tertiary/aromatic N) is 1. The van der Waals surface area contributed by atoms with Crippen molar-refractivity contribution < 1.29 is 8.42 Å². The predicted octanol–water partition coefficient (Wildman–Crippen LogP) is 1.83. The van der Waals surface area contributed by atoms with Crippen molar-refractivity contribution in [2.75, 3.05) is 25.4 Å². The Morgan fingerprint density at radius 2 is 1.94 bits per heavy atom. The third-order valence-electron chi connectivity index (χ3n) is 3.42. The zero-order chi connectivity index (χ0) is 13.8. The molecular formula is C13H28N2O2S. The van der Waals surface area contributed by atoms with Gasteiger partial charge in [0.1, 0.15) is 0 Å². The van der Waals surface area contributed by atoms with Crippen LogP contribution in [0.25, 0.3) is 0 Å². The standard InChI is InChI=1S/C13H28N2O2S/c1-12(2)14-8-5-6-10-18(16,17)15-9-7-13(3,4)11-15/h12,14H,5-11H2,1-4H3. The van der Waals surface area contributed by atoms with Gasteiger partial charge >= 0.3 is 0 Å². The Kier molecular flexibility index (Phi) is 5.62. The first-order valence-electron chi connectivity index (χ1n) is 6.94. The van der Waals surface area contributed by atoms with Gasteiger partial charge in [-0.15, -0.1) is 0 Å². The van der Waals surface area contributed by atoms with Crippen LogP contribution < -0.4 is 5.32 Å². The van der Waals surface area contributed by atoms with Crippen LogP contribution in [0.1, 0.15) is 47.0 Å². The van der Waals surface area contributed by atoms with Crippen LogP contribution >= 0.6 is 0 Å². The van der Waals surface area contributed by atoms with Crippen molar-refractivity contribution in [1.82, 2.24) is 9.62 Å². The van der Waals surface area contributed by atoms with Gasteiger partial charge in [0.2, 0.25) is 10.0 Å². The molecule has 18 heavy (non-hydrogen) atoms. The maximum Gasteiger partial charge on any atom is 0.214 e. The van der Waals surface area contributed by atoms with Gasteiger partial charge in [-0.1, -0.05) is 27.7 Å². The van der Waals surface area contributed by atoms with Gasteiger partial charge in [-0.2, -0.15) is 0 Å². The summed E-state index contributed by atoms with van der Waals surface area (Å²) in [4.78, 5) is 0. The van der Waals surface area contributed by atoms with Gasteiger partial charge in [0.05, 0.1) is 5.75 Å². The minimum Gasteiger partial charge on any atom is -0.315 e. The molecule has 1 heterocycles. The molecule has 1 N–H and O–H groups in total. The van der Waals surface area contributed by atoms with Crippen molar-refractivity contribution in [2.24, 2.45) is 5.41 Å². The summed E-state index contributed by atoms with van der Waals surface area (Å²) in [6.07, 6.45) is 2.65. The zero-order valence-electron chi connectivity index (χ0n) is 12.2. The maximum absolute atomic E-state index is 12.1. The molecule has 1 saturated heterocycles. The molecule has 108 valence electrons. The molecule has 1 aliphatic rings. The predicted molar refractivity (Wildman–Crippen MR) is 76.1 cm³/mol. The quantitative estimate of drug-likeness (QED) is 0.722. The third kappa shape index (κ3) is 5.24. The summed E-state index contributed by atoms with van der Waals surface area (Å²) in [7, 11) is -3.03. The van der Waals surface area contributed by atoms with Crippen LogP contribution in [0.5, 0.6) is 0 Å². The normalized spacial score (nSPS) is 20.7. The fourth-order valence-electron chi connectivity index (χ4n) is 2.23. The largest absolute Gasteiger partial charge is 0.315 e. The average Bonchev–Trinajstić information content (AvgIpc) is 2.58. The van der Waals surface area contributed by atoms with Crippen LogP contribution in [-0.2, 0) is 10.0 Å². The minimum absolute atomic E-state index is 0.145. The van der Waals surface area contributed by atoms with Gasteiger partial charge < -0.3 is 5.32 Å². The number of hydrogen-bond donors (Lipinski definition) is 1. The third-order valence-corrected chi connectivity index (χ3v) is 5.32. The highest BCUT2D eigenvalue weighted by molar-refractivity contribution is 7.89. The second kappa shape index (κ2) is 6.35. The number of rotatable bonds is 7.